The summed E-state index contributed by atoms with van der Waals surface area (Å²) in [5.74, 6) is 0. The third-order valence-corrected chi connectivity index (χ3v) is 2.62. The molecule has 0 spiro atoms. The second-order valence-electron chi connectivity index (χ2n) is 4.04. The van der Waals surface area contributed by atoms with Crippen LogP contribution in [0, 0.1) is 0 Å². The van der Waals surface area contributed by atoms with Gasteiger partial charge in [0.1, 0.15) is 0 Å². The highest BCUT2D eigenvalue weighted by molar-refractivity contribution is 5.64. The number of benzene rings is 1. The van der Waals surface area contributed by atoms with E-state index in [-0.39, 0.29) is 0 Å². The Morgan fingerprint density at radius 2 is 1.88 bits per heavy atom. The molecule has 1 aromatic rings. The van der Waals surface area contributed by atoms with E-state index in [4.69, 9.17) is 10.8 Å². The van der Waals surface area contributed by atoms with E-state index in [1.54, 1.807) is 0 Å². The number of unbranched alkanes of at least 4 members (excludes halogenated alkanes) is 2. The number of hydrogen-bond acceptors (Lipinski definition) is 2. The Kier molecular flexibility index (Phi) is 6.10. The van der Waals surface area contributed by atoms with Crippen LogP contribution in [0.25, 0.3) is 0 Å². The molecule has 3 N–H and O–H groups in total. The van der Waals surface area contributed by atoms with E-state index < -0.39 is 6.09 Å². The van der Waals surface area contributed by atoms with Gasteiger partial charge in [0.15, 0.2) is 0 Å². The Morgan fingerprint density at radius 3 is 2.47 bits per heavy atom. The van der Waals surface area contributed by atoms with E-state index in [9.17, 15) is 4.79 Å². The van der Waals surface area contributed by atoms with Crippen LogP contribution in [0.15, 0.2) is 30.3 Å². The molecule has 0 aliphatic rings. The monoisotopic (exact) mass is 236 g/mol. The molecule has 0 heterocycles. The zero-order chi connectivity index (χ0) is 12.5. The van der Waals surface area contributed by atoms with Crippen LogP contribution in [0.2, 0.25) is 0 Å². The zero-order valence-corrected chi connectivity index (χ0v) is 10.0. The van der Waals surface area contributed by atoms with Crippen LogP contribution in [-0.2, 0) is 6.54 Å². The van der Waals surface area contributed by atoms with Gasteiger partial charge in [-0.05, 0) is 24.9 Å². The summed E-state index contributed by atoms with van der Waals surface area (Å²) in [6.45, 7) is 1.70. The molecular formula is C13H20N2O2. The molecule has 0 aliphatic carbocycles. The summed E-state index contributed by atoms with van der Waals surface area (Å²) in [4.78, 5) is 12.5. The Balaban J connectivity index is 2.41. The molecule has 1 aromatic carbocycles. The number of carbonyl (C=O) groups is 1. The van der Waals surface area contributed by atoms with Crippen molar-refractivity contribution in [2.24, 2.45) is 5.73 Å². The quantitative estimate of drug-likeness (QED) is 0.714. The van der Waals surface area contributed by atoms with Crippen molar-refractivity contribution in [3.8, 4) is 0 Å². The predicted octanol–water partition coefficient (Wildman–Crippen LogP) is 2.30. The van der Waals surface area contributed by atoms with Crippen molar-refractivity contribution in [2.75, 3.05) is 13.1 Å². The standard InChI is InChI=1S/C13H20N2O2/c14-9-5-2-6-10-15(13(16)17)11-12-7-3-1-4-8-12/h1,3-4,7-8H,2,5-6,9-11,14H2,(H,16,17). The third-order valence-electron chi connectivity index (χ3n) is 2.62. The summed E-state index contributed by atoms with van der Waals surface area (Å²) in [7, 11) is 0. The van der Waals surface area contributed by atoms with Crippen molar-refractivity contribution in [1.29, 1.82) is 0 Å². The second kappa shape index (κ2) is 7.68. The average Bonchev–Trinajstić information content (AvgIpc) is 2.34. The summed E-state index contributed by atoms with van der Waals surface area (Å²) in [6, 6.07) is 9.65. The number of hydrogen-bond donors (Lipinski definition) is 2. The number of carboxylic acid groups (broad SMARTS) is 1. The molecule has 0 saturated carbocycles. The molecule has 17 heavy (non-hydrogen) atoms. The van der Waals surface area contributed by atoms with E-state index in [1.165, 1.54) is 4.90 Å². The molecular weight excluding hydrogens is 216 g/mol. The van der Waals surface area contributed by atoms with E-state index in [0.717, 1.165) is 24.8 Å². The summed E-state index contributed by atoms with van der Waals surface area (Å²) in [5.41, 5.74) is 6.42. The van der Waals surface area contributed by atoms with Gasteiger partial charge < -0.3 is 15.7 Å². The maximum absolute atomic E-state index is 11.1. The minimum Gasteiger partial charge on any atom is -0.465 e. The van der Waals surface area contributed by atoms with Gasteiger partial charge in [0.25, 0.3) is 0 Å². The number of nitrogens with zero attached hydrogens (tertiary/aromatic N) is 1. The first kappa shape index (κ1) is 13.5. The van der Waals surface area contributed by atoms with Crippen molar-refractivity contribution in [1.82, 2.24) is 4.90 Å². The van der Waals surface area contributed by atoms with E-state index >= 15 is 0 Å². The van der Waals surface area contributed by atoms with Crippen LogP contribution >= 0.6 is 0 Å². The minimum absolute atomic E-state index is 0.457. The summed E-state index contributed by atoms with van der Waals surface area (Å²) < 4.78 is 0. The highest BCUT2D eigenvalue weighted by atomic mass is 16.4. The average molecular weight is 236 g/mol. The maximum atomic E-state index is 11.1. The molecule has 94 valence electrons. The van der Waals surface area contributed by atoms with Gasteiger partial charge >= 0.3 is 6.09 Å². The Labute approximate surface area is 102 Å². The topological polar surface area (TPSA) is 66.6 Å². The fourth-order valence-corrected chi connectivity index (χ4v) is 1.67. The van der Waals surface area contributed by atoms with Crippen molar-refractivity contribution in [3.63, 3.8) is 0 Å². The molecule has 4 heteroatoms. The van der Waals surface area contributed by atoms with Crippen molar-refractivity contribution in [2.45, 2.75) is 25.8 Å². The molecule has 0 radical (unpaired) electrons. The van der Waals surface area contributed by atoms with Crippen molar-refractivity contribution >= 4 is 6.09 Å². The van der Waals surface area contributed by atoms with E-state index in [1.807, 2.05) is 30.3 Å². The van der Waals surface area contributed by atoms with Crippen LogP contribution in [-0.4, -0.2) is 29.2 Å². The van der Waals surface area contributed by atoms with Gasteiger partial charge in [0.05, 0.1) is 0 Å². The van der Waals surface area contributed by atoms with Gasteiger partial charge in [-0.2, -0.15) is 0 Å². The highest BCUT2D eigenvalue weighted by Crippen LogP contribution is 2.06. The first-order valence-electron chi connectivity index (χ1n) is 5.96. The molecule has 0 atom stereocenters. The molecule has 4 nitrogen and oxygen atoms in total. The molecule has 0 fully saturated rings. The normalized spacial score (nSPS) is 10.2. The third kappa shape index (κ3) is 5.36. The fraction of sp³-hybridized carbons (Fsp3) is 0.462. The van der Waals surface area contributed by atoms with Gasteiger partial charge in [-0.25, -0.2) is 4.79 Å². The lowest BCUT2D eigenvalue weighted by molar-refractivity contribution is 0.141. The Morgan fingerprint density at radius 1 is 1.18 bits per heavy atom. The zero-order valence-electron chi connectivity index (χ0n) is 10.0. The van der Waals surface area contributed by atoms with Gasteiger partial charge in [-0.3, -0.25) is 0 Å². The fourth-order valence-electron chi connectivity index (χ4n) is 1.67. The van der Waals surface area contributed by atoms with Gasteiger partial charge in [-0.1, -0.05) is 36.8 Å². The molecule has 0 aliphatic heterocycles. The van der Waals surface area contributed by atoms with Gasteiger partial charge in [-0.15, -0.1) is 0 Å². The largest absolute Gasteiger partial charge is 0.465 e. The molecule has 0 aromatic heterocycles. The number of nitrogens with two attached hydrogens (primary N) is 1. The second-order valence-corrected chi connectivity index (χ2v) is 4.04. The van der Waals surface area contributed by atoms with Crippen molar-refractivity contribution in [3.05, 3.63) is 35.9 Å². The molecule has 0 unspecified atom stereocenters. The van der Waals surface area contributed by atoms with Crippen molar-refractivity contribution < 1.29 is 9.90 Å². The maximum Gasteiger partial charge on any atom is 0.407 e. The Bertz CT molecular complexity index is 327. The lowest BCUT2D eigenvalue weighted by Crippen LogP contribution is -2.29. The first-order valence-corrected chi connectivity index (χ1v) is 5.96. The lowest BCUT2D eigenvalue weighted by Gasteiger charge is -2.19. The predicted molar refractivity (Wildman–Crippen MR) is 67.8 cm³/mol. The highest BCUT2D eigenvalue weighted by Gasteiger charge is 2.11. The van der Waals surface area contributed by atoms with Crippen LogP contribution in [0.4, 0.5) is 4.79 Å². The lowest BCUT2D eigenvalue weighted by atomic mass is 10.2. The van der Waals surface area contributed by atoms with Gasteiger partial charge in [0.2, 0.25) is 0 Å². The van der Waals surface area contributed by atoms with Crippen LogP contribution in [0.1, 0.15) is 24.8 Å². The number of rotatable bonds is 7. The van der Waals surface area contributed by atoms with Crippen LogP contribution in [0.3, 0.4) is 0 Å². The van der Waals surface area contributed by atoms with E-state index in [0.29, 0.717) is 19.6 Å². The minimum atomic E-state index is -0.860. The molecule has 0 saturated heterocycles. The van der Waals surface area contributed by atoms with Crippen LogP contribution < -0.4 is 5.73 Å². The summed E-state index contributed by atoms with van der Waals surface area (Å²) in [5, 5.41) is 9.09. The Hall–Kier alpha value is -1.55. The van der Waals surface area contributed by atoms with E-state index in [2.05, 4.69) is 0 Å². The summed E-state index contributed by atoms with van der Waals surface area (Å²) >= 11 is 0. The number of amides is 1. The smallest absolute Gasteiger partial charge is 0.407 e. The molecule has 0 bridgehead atoms. The first-order chi connectivity index (χ1) is 8.24. The SMILES string of the molecule is NCCCCCN(Cc1ccccc1)C(=O)O. The molecule has 1 rings (SSSR count). The van der Waals surface area contributed by atoms with Crippen LogP contribution in [0.5, 0.6) is 0 Å². The van der Waals surface area contributed by atoms with Gasteiger partial charge in [0, 0.05) is 13.1 Å². The molecule has 1 amide bonds. The summed E-state index contributed by atoms with van der Waals surface area (Å²) in [6.07, 6.45) is 1.95.